The van der Waals surface area contributed by atoms with Gasteiger partial charge < -0.3 is 5.11 Å². The first kappa shape index (κ1) is 17.4. The van der Waals surface area contributed by atoms with Crippen LogP contribution in [0.1, 0.15) is 42.9 Å². The molecule has 1 N–H and O–H groups in total. The highest BCUT2D eigenvalue weighted by Crippen LogP contribution is 2.32. The molecule has 0 amide bonds. The van der Waals surface area contributed by atoms with Crippen molar-refractivity contribution in [2.24, 2.45) is 0 Å². The minimum atomic E-state index is -0.507. The van der Waals surface area contributed by atoms with Crippen molar-refractivity contribution in [1.29, 1.82) is 0 Å². The molecule has 2 aromatic carbocycles. The first-order valence-corrected chi connectivity index (χ1v) is 8.84. The van der Waals surface area contributed by atoms with Crippen molar-refractivity contribution in [2.75, 3.05) is 13.1 Å². The molecule has 0 bridgehead atoms. The topological polar surface area (TPSA) is 23.5 Å². The van der Waals surface area contributed by atoms with Crippen LogP contribution in [0.5, 0.6) is 0 Å². The van der Waals surface area contributed by atoms with Gasteiger partial charge in [-0.2, -0.15) is 0 Å². The van der Waals surface area contributed by atoms with Crippen LogP contribution < -0.4 is 0 Å². The van der Waals surface area contributed by atoms with E-state index in [1.165, 1.54) is 17.7 Å². The van der Waals surface area contributed by atoms with E-state index in [4.69, 9.17) is 11.6 Å². The number of likely N-dealkylation sites (tertiary alicyclic amines) is 1. The second-order valence-corrected chi connectivity index (χ2v) is 7.12. The number of hydrogen-bond acceptors (Lipinski definition) is 2. The van der Waals surface area contributed by atoms with E-state index in [2.05, 4.69) is 11.8 Å². The second-order valence-electron chi connectivity index (χ2n) is 6.68. The molecule has 4 heteroatoms. The Balaban J connectivity index is 1.59. The fourth-order valence-electron chi connectivity index (χ4n) is 3.54. The van der Waals surface area contributed by atoms with Crippen molar-refractivity contribution in [1.82, 2.24) is 4.90 Å². The number of aliphatic hydroxyl groups excluding tert-OH is 1. The van der Waals surface area contributed by atoms with Crippen LogP contribution in [-0.2, 0) is 0 Å². The standard InChI is InChI=1S/C20H23ClFNO/c1-14-12-17(15-4-8-19(22)9-5-15)10-11-23(14)13-20(24)16-2-6-18(21)7-3-16/h2-9,14,17,20,24H,10-13H2,1H3. The van der Waals surface area contributed by atoms with E-state index >= 15 is 0 Å². The molecule has 128 valence electrons. The van der Waals surface area contributed by atoms with Gasteiger partial charge in [-0.25, -0.2) is 4.39 Å². The maximum atomic E-state index is 13.1. The van der Waals surface area contributed by atoms with Crippen molar-refractivity contribution >= 4 is 11.6 Å². The van der Waals surface area contributed by atoms with Crippen molar-refractivity contribution in [2.45, 2.75) is 37.8 Å². The van der Waals surface area contributed by atoms with Gasteiger partial charge in [-0.3, -0.25) is 4.90 Å². The van der Waals surface area contributed by atoms with Crippen LogP contribution in [0.3, 0.4) is 0 Å². The Hall–Kier alpha value is -1.42. The predicted octanol–water partition coefficient (Wildman–Crippen LogP) is 4.78. The van der Waals surface area contributed by atoms with Gasteiger partial charge in [0, 0.05) is 17.6 Å². The third-order valence-electron chi connectivity index (χ3n) is 5.02. The Kier molecular flexibility index (Phi) is 5.54. The molecule has 0 radical (unpaired) electrons. The monoisotopic (exact) mass is 347 g/mol. The molecule has 2 aromatic rings. The van der Waals surface area contributed by atoms with Gasteiger partial charge in [0.2, 0.25) is 0 Å². The van der Waals surface area contributed by atoms with Gasteiger partial charge >= 0.3 is 0 Å². The third kappa shape index (κ3) is 4.15. The summed E-state index contributed by atoms with van der Waals surface area (Å²) in [7, 11) is 0. The molecule has 0 spiro atoms. The second kappa shape index (κ2) is 7.64. The summed E-state index contributed by atoms with van der Waals surface area (Å²) in [5.41, 5.74) is 2.11. The highest BCUT2D eigenvalue weighted by Gasteiger charge is 2.27. The van der Waals surface area contributed by atoms with Crippen LogP contribution in [0, 0.1) is 5.82 Å². The largest absolute Gasteiger partial charge is 0.387 e. The van der Waals surface area contributed by atoms with E-state index in [1.807, 2.05) is 36.4 Å². The van der Waals surface area contributed by atoms with Gasteiger partial charge in [-0.1, -0.05) is 35.9 Å². The summed E-state index contributed by atoms with van der Waals surface area (Å²) in [5.74, 6) is 0.278. The van der Waals surface area contributed by atoms with E-state index in [9.17, 15) is 9.50 Å². The lowest BCUT2D eigenvalue weighted by atomic mass is 9.85. The molecular formula is C20H23ClFNO. The summed E-state index contributed by atoms with van der Waals surface area (Å²) in [6.45, 7) is 3.76. The third-order valence-corrected chi connectivity index (χ3v) is 5.27. The zero-order valence-corrected chi connectivity index (χ0v) is 14.6. The molecule has 1 heterocycles. The lowest BCUT2D eigenvalue weighted by Crippen LogP contribution is -2.42. The molecule has 2 nitrogen and oxygen atoms in total. The highest BCUT2D eigenvalue weighted by molar-refractivity contribution is 6.30. The summed E-state index contributed by atoms with van der Waals surface area (Å²) < 4.78 is 13.1. The van der Waals surface area contributed by atoms with Crippen LogP contribution >= 0.6 is 11.6 Å². The zero-order valence-electron chi connectivity index (χ0n) is 13.8. The fourth-order valence-corrected chi connectivity index (χ4v) is 3.67. The number of piperidine rings is 1. The minimum Gasteiger partial charge on any atom is -0.387 e. The SMILES string of the molecule is CC1CC(c2ccc(F)cc2)CCN1CC(O)c1ccc(Cl)cc1. The molecule has 3 rings (SSSR count). The van der Waals surface area contributed by atoms with E-state index in [-0.39, 0.29) is 5.82 Å². The number of nitrogens with zero attached hydrogens (tertiary/aromatic N) is 1. The zero-order chi connectivity index (χ0) is 17.1. The maximum Gasteiger partial charge on any atom is 0.123 e. The van der Waals surface area contributed by atoms with Crippen molar-refractivity contribution in [3.8, 4) is 0 Å². The van der Waals surface area contributed by atoms with Gasteiger partial charge in [0.05, 0.1) is 6.10 Å². The van der Waals surface area contributed by atoms with Gasteiger partial charge in [-0.05, 0) is 67.6 Å². The molecular weight excluding hydrogens is 325 g/mol. The molecule has 0 aromatic heterocycles. The number of halogens is 2. The molecule has 1 aliphatic rings. The number of aliphatic hydroxyl groups is 1. The van der Waals surface area contributed by atoms with Crippen molar-refractivity contribution < 1.29 is 9.50 Å². The van der Waals surface area contributed by atoms with E-state index in [0.29, 0.717) is 23.5 Å². The highest BCUT2D eigenvalue weighted by atomic mass is 35.5. The Morgan fingerprint density at radius 1 is 1.17 bits per heavy atom. The number of benzene rings is 2. The van der Waals surface area contributed by atoms with Crippen molar-refractivity contribution in [3.63, 3.8) is 0 Å². The minimum absolute atomic E-state index is 0.185. The Morgan fingerprint density at radius 3 is 2.46 bits per heavy atom. The smallest absolute Gasteiger partial charge is 0.123 e. The van der Waals surface area contributed by atoms with Crippen LogP contribution in [0.4, 0.5) is 4.39 Å². The van der Waals surface area contributed by atoms with Crippen LogP contribution in [-0.4, -0.2) is 29.1 Å². The Morgan fingerprint density at radius 2 is 1.83 bits per heavy atom. The van der Waals surface area contributed by atoms with Crippen LogP contribution in [0.2, 0.25) is 5.02 Å². The molecule has 0 aliphatic carbocycles. The maximum absolute atomic E-state index is 13.1. The summed E-state index contributed by atoms with van der Waals surface area (Å²) in [5, 5.41) is 11.1. The quantitative estimate of drug-likeness (QED) is 0.860. The van der Waals surface area contributed by atoms with Crippen molar-refractivity contribution in [3.05, 3.63) is 70.5 Å². The number of rotatable bonds is 4. The van der Waals surface area contributed by atoms with Crippen LogP contribution in [0.15, 0.2) is 48.5 Å². The summed E-state index contributed by atoms with van der Waals surface area (Å²) in [6.07, 6.45) is 1.55. The van der Waals surface area contributed by atoms with Crippen LogP contribution in [0.25, 0.3) is 0 Å². The lowest BCUT2D eigenvalue weighted by Gasteiger charge is -2.39. The molecule has 3 atom stereocenters. The Labute approximate surface area is 147 Å². The Bertz CT molecular complexity index is 658. The van der Waals surface area contributed by atoms with Gasteiger partial charge in [0.15, 0.2) is 0 Å². The molecule has 24 heavy (non-hydrogen) atoms. The van der Waals surface area contributed by atoms with E-state index in [0.717, 1.165) is 24.9 Å². The van der Waals surface area contributed by atoms with Gasteiger partial charge in [0.25, 0.3) is 0 Å². The molecule has 1 saturated heterocycles. The predicted molar refractivity (Wildman–Crippen MR) is 95.8 cm³/mol. The molecule has 3 unspecified atom stereocenters. The number of β-amino-alcohol motifs (C(OH)–C–C–N with tert-alkyl or cyclic N) is 1. The summed E-state index contributed by atoms with van der Waals surface area (Å²) in [6, 6.07) is 14.6. The lowest BCUT2D eigenvalue weighted by molar-refractivity contribution is 0.0675. The summed E-state index contributed by atoms with van der Waals surface area (Å²) >= 11 is 5.90. The molecule has 1 fully saturated rings. The summed E-state index contributed by atoms with van der Waals surface area (Å²) in [4.78, 5) is 2.33. The van der Waals surface area contributed by atoms with E-state index < -0.39 is 6.10 Å². The van der Waals surface area contributed by atoms with Gasteiger partial charge in [-0.15, -0.1) is 0 Å². The molecule has 1 aliphatic heterocycles. The molecule has 0 saturated carbocycles. The van der Waals surface area contributed by atoms with E-state index in [1.54, 1.807) is 0 Å². The average molecular weight is 348 g/mol. The normalized spacial score (nSPS) is 23.2. The van der Waals surface area contributed by atoms with Gasteiger partial charge in [0.1, 0.15) is 5.82 Å². The number of hydrogen-bond donors (Lipinski definition) is 1. The fraction of sp³-hybridized carbons (Fsp3) is 0.400. The first-order chi connectivity index (χ1) is 11.5. The average Bonchev–Trinajstić information content (AvgIpc) is 2.58. The first-order valence-electron chi connectivity index (χ1n) is 8.46.